The number of hydrogen-bond donors (Lipinski definition) is 0. The lowest BCUT2D eigenvalue weighted by Crippen LogP contribution is -2.33. The van der Waals surface area contributed by atoms with Crippen LogP contribution in [0, 0.1) is 0 Å². The van der Waals surface area contributed by atoms with Crippen molar-refractivity contribution in [2.75, 3.05) is 0 Å². The molecule has 0 amide bonds. The van der Waals surface area contributed by atoms with Gasteiger partial charge in [-0.3, -0.25) is 0 Å². The van der Waals surface area contributed by atoms with Gasteiger partial charge in [0.25, 0.3) is 0 Å². The maximum Gasteiger partial charge on any atom is 0.130 e. The van der Waals surface area contributed by atoms with Crippen LogP contribution in [0.1, 0.15) is 38.2 Å². The van der Waals surface area contributed by atoms with Gasteiger partial charge in [0.1, 0.15) is 8.80 Å². The fourth-order valence-electron chi connectivity index (χ4n) is 2.93. The molecule has 0 unspecified atom stereocenters. The predicted molar refractivity (Wildman–Crippen MR) is 83.5 cm³/mol. The van der Waals surface area contributed by atoms with E-state index >= 15 is 0 Å². The molecule has 1 nitrogen and oxygen atoms in total. The van der Waals surface area contributed by atoms with Crippen LogP contribution in [0.5, 0.6) is 0 Å². The van der Waals surface area contributed by atoms with Gasteiger partial charge in [-0.25, -0.2) is 0 Å². The molecule has 0 spiro atoms. The zero-order chi connectivity index (χ0) is 13.6. The molecule has 0 N–H and O–H groups in total. The van der Waals surface area contributed by atoms with Crippen LogP contribution >= 0.6 is 0 Å². The molecule has 1 aliphatic rings. The van der Waals surface area contributed by atoms with Crippen molar-refractivity contribution in [3.63, 3.8) is 0 Å². The number of rotatable bonds is 5. The lowest BCUT2D eigenvalue weighted by atomic mass is 9.75. The summed E-state index contributed by atoms with van der Waals surface area (Å²) in [6.07, 6.45) is 9.40. The minimum absolute atomic E-state index is 0.188. The number of hydrogen-bond acceptors (Lipinski definition) is 1. The monoisotopic (exact) mass is 271 g/mol. The van der Waals surface area contributed by atoms with E-state index in [1.165, 1.54) is 17.9 Å². The summed E-state index contributed by atoms with van der Waals surface area (Å²) in [5.41, 5.74) is 1.61. The molecule has 101 valence electrons. The first-order valence-electron chi connectivity index (χ1n) is 7.34. The minimum atomic E-state index is -0.709. The molecule has 0 bridgehead atoms. The van der Waals surface area contributed by atoms with Crippen molar-refractivity contribution < 1.29 is 4.79 Å². The van der Waals surface area contributed by atoms with E-state index in [9.17, 15) is 4.79 Å². The molecular formula is C17H23OSi. The molecule has 1 saturated heterocycles. The van der Waals surface area contributed by atoms with Gasteiger partial charge in [-0.1, -0.05) is 67.9 Å². The van der Waals surface area contributed by atoms with Crippen LogP contribution in [0.25, 0.3) is 0 Å². The van der Waals surface area contributed by atoms with Crippen molar-refractivity contribution in [1.29, 1.82) is 0 Å². The van der Waals surface area contributed by atoms with Gasteiger partial charge in [0.15, 0.2) is 0 Å². The Kier molecular flexibility index (Phi) is 5.14. The second kappa shape index (κ2) is 6.85. The third-order valence-electron chi connectivity index (χ3n) is 4.19. The van der Waals surface area contributed by atoms with E-state index in [1.807, 2.05) is 0 Å². The van der Waals surface area contributed by atoms with E-state index in [4.69, 9.17) is 0 Å². The quantitative estimate of drug-likeness (QED) is 0.442. The fraction of sp³-hybridized carbons (Fsp3) is 0.471. The van der Waals surface area contributed by atoms with Crippen LogP contribution in [0.2, 0.25) is 12.1 Å². The topological polar surface area (TPSA) is 17.1 Å². The van der Waals surface area contributed by atoms with Crippen LogP contribution in [0.15, 0.2) is 42.5 Å². The van der Waals surface area contributed by atoms with Crippen LogP contribution in [-0.4, -0.2) is 14.7 Å². The maximum absolute atomic E-state index is 11.0. The second-order valence-corrected chi connectivity index (χ2v) is 8.04. The van der Waals surface area contributed by atoms with Crippen molar-refractivity contribution in [2.45, 2.75) is 50.1 Å². The number of benzene rings is 1. The van der Waals surface area contributed by atoms with Crippen LogP contribution < -0.4 is 0 Å². The van der Waals surface area contributed by atoms with Gasteiger partial charge in [-0.2, -0.15) is 0 Å². The van der Waals surface area contributed by atoms with Crippen molar-refractivity contribution in [1.82, 2.24) is 0 Å². The Bertz CT molecular complexity index is 416. The van der Waals surface area contributed by atoms with Gasteiger partial charge < -0.3 is 4.79 Å². The molecule has 0 aromatic heterocycles. The zero-order valence-corrected chi connectivity index (χ0v) is 12.8. The second-order valence-electron chi connectivity index (χ2n) is 5.49. The minimum Gasteiger partial charge on any atom is -0.309 e. The molecule has 1 aliphatic heterocycles. The van der Waals surface area contributed by atoms with Gasteiger partial charge >= 0.3 is 0 Å². The molecule has 0 saturated carbocycles. The molecule has 19 heavy (non-hydrogen) atoms. The number of carbonyl (C=O) groups is 1. The molecular weight excluding hydrogens is 248 g/mol. The summed E-state index contributed by atoms with van der Waals surface area (Å²) in [5, 5.41) is 0. The number of carbonyl (C=O) groups excluding carboxylic acids is 1. The van der Waals surface area contributed by atoms with E-state index in [0.29, 0.717) is 0 Å². The lowest BCUT2D eigenvalue weighted by molar-refractivity contribution is 0.473. The summed E-state index contributed by atoms with van der Waals surface area (Å²) in [5.74, 6) is 1.25. The SMILES string of the molecule is CCCC=CC1(c2ccccc2)CC[Si](C=O)CC1. The van der Waals surface area contributed by atoms with Gasteiger partial charge in [0.2, 0.25) is 0 Å². The highest BCUT2D eigenvalue weighted by atomic mass is 28.3. The summed E-state index contributed by atoms with van der Waals surface area (Å²) in [7, 11) is -0.709. The molecule has 2 heteroatoms. The first-order chi connectivity index (χ1) is 9.30. The molecule has 1 aromatic carbocycles. The third-order valence-corrected chi connectivity index (χ3v) is 6.31. The predicted octanol–water partition coefficient (Wildman–Crippen LogP) is 4.34. The summed E-state index contributed by atoms with van der Waals surface area (Å²) in [6, 6.07) is 13.1. The van der Waals surface area contributed by atoms with E-state index in [0.717, 1.165) is 31.4 Å². The zero-order valence-electron chi connectivity index (χ0n) is 11.8. The van der Waals surface area contributed by atoms with E-state index in [1.54, 1.807) is 0 Å². The standard InChI is InChI=1S/C17H23OSi/c1-2-3-7-10-17(16-8-5-4-6-9-16)11-13-19(15-18)14-12-17/h4-10,15H,2-3,11-14H2,1H3. The van der Waals surface area contributed by atoms with E-state index < -0.39 is 8.80 Å². The average Bonchev–Trinajstić information content (AvgIpc) is 2.49. The molecule has 1 heterocycles. The Morgan fingerprint density at radius 1 is 1.21 bits per heavy atom. The van der Waals surface area contributed by atoms with Crippen molar-refractivity contribution >= 4 is 14.7 Å². The number of allylic oxidation sites excluding steroid dienone is 2. The van der Waals surface area contributed by atoms with Crippen LogP contribution in [0.4, 0.5) is 0 Å². The van der Waals surface area contributed by atoms with E-state index in [2.05, 4.69) is 49.4 Å². The fourth-order valence-corrected chi connectivity index (χ4v) is 4.95. The average molecular weight is 271 g/mol. The van der Waals surface area contributed by atoms with Gasteiger partial charge in [0, 0.05) is 5.41 Å². The molecule has 1 aromatic rings. The summed E-state index contributed by atoms with van der Waals surface area (Å²) >= 11 is 0. The Hall–Kier alpha value is -1.15. The summed E-state index contributed by atoms with van der Waals surface area (Å²) in [4.78, 5) is 11.0. The van der Waals surface area contributed by atoms with Crippen molar-refractivity contribution in [3.8, 4) is 0 Å². The highest BCUT2D eigenvalue weighted by Crippen LogP contribution is 2.41. The summed E-state index contributed by atoms with van der Waals surface area (Å²) < 4.78 is 0. The highest BCUT2D eigenvalue weighted by molar-refractivity contribution is 6.84. The maximum atomic E-state index is 11.0. The Labute approximate surface area is 118 Å². The lowest BCUT2D eigenvalue weighted by Gasteiger charge is -2.37. The highest BCUT2D eigenvalue weighted by Gasteiger charge is 2.35. The number of unbranched alkanes of at least 4 members (excludes halogenated alkanes) is 1. The normalized spacial score (nSPS) is 19.6. The van der Waals surface area contributed by atoms with Gasteiger partial charge in [-0.05, 0) is 24.8 Å². The molecule has 0 aliphatic carbocycles. The van der Waals surface area contributed by atoms with E-state index in [-0.39, 0.29) is 5.41 Å². The molecule has 1 fully saturated rings. The Morgan fingerprint density at radius 2 is 1.89 bits per heavy atom. The molecule has 2 rings (SSSR count). The van der Waals surface area contributed by atoms with Crippen LogP contribution in [0.3, 0.4) is 0 Å². The summed E-state index contributed by atoms with van der Waals surface area (Å²) in [6.45, 7) is 2.22. The Morgan fingerprint density at radius 3 is 2.47 bits per heavy atom. The van der Waals surface area contributed by atoms with Crippen LogP contribution in [-0.2, 0) is 10.2 Å². The van der Waals surface area contributed by atoms with Crippen molar-refractivity contribution in [2.24, 2.45) is 0 Å². The van der Waals surface area contributed by atoms with Gasteiger partial charge in [-0.15, -0.1) is 0 Å². The third kappa shape index (κ3) is 3.44. The van der Waals surface area contributed by atoms with Gasteiger partial charge in [0.05, 0.1) is 5.91 Å². The Balaban J connectivity index is 2.22. The smallest absolute Gasteiger partial charge is 0.130 e. The molecule has 0 atom stereocenters. The first-order valence-corrected chi connectivity index (χ1v) is 9.33. The molecule has 1 radical (unpaired) electrons. The van der Waals surface area contributed by atoms with Crippen molar-refractivity contribution in [3.05, 3.63) is 48.0 Å². The first kappa shape index (κ1) is 14.3. The largest absolute Gasteiger partial charge is 0.309 e.